The van der Waals surface area contributed by atoms with Gasteiger partial charge in [-0.1, -0.05) is 12.1 Å². The number of hydrogen-bond donors (Lipinski definition) is 1. The van der Waals surface area contributed by atoms with Crippen LogP contribution in [0, 0.1) is 0 Å². The van der Waals surface area contributed by atoms with Crippen molar-refractivity contribution in [1.29, 1.82) is 0 Å². The third kappa shape index (κ3) is 5.43. The number of fused-ring (bicyclic) bond motifs is 1. The van der Waals surface area contributed by atoms with Crippen LogP contribution >= 0.6 is 0 Å². The molecule has 2 heterocycles. The van der Waals surface area contributed by atoms with Gasteiger partial charge in [0.15, 0.2) is 11.5 Å². The molecule has 0 bridgehead atoms. The molecule has 1 N–H and O–H groups in total. The third-order valence-electron chi connectivity index (χ3n) is 7.22. The molecular weight excluding hydrogens is 496 g/mol. The summed E-state index contributed by atoms with van der Waals surface area (Å²) in [5.74, 6) is 1.68. The molecule has 39 heavy (non-hydrogen) atoms. The molecule has 1 fully saturated rings. The minimum atomic E-state index is -0.285. The number of hydrogen-bond acceptors (Lipinski definition) is 7. The lowest BCUT2D eigenvalue weighted by atomic mass is 10.1. The molecule has 0 atom stereocenters. The zero-order valence-electron chi connectivity index (χ0n) is 22.6. The lowest BCUT2D eigenvalue weighted by Crippen LogP contribution is -2.47. The van der Waals surface area contributed by atoms with Crippen molar-refractivity contribution in [1.82, 2.24) is 4.90 Å². The zero-order valence-corrected chi connectivity index (χ0v) is 22.6. The first-order valence-corrected chi connectivity index (χ1v) is 13.3. The second kappa shape index (κ2) is 11.6. The molecule has 2 amide bonds. The standard InChI is InChI=1S/C30H34N4O5/c1-4-32(5-2)30(36)23-19-22(31-29(35)21-10-13-27-28(18-21)39-20-38-27)11-12-24(23)33-14-16-34(17-15-33)25-8-6-7-9-26(25)37-3/h6-13,18-19H,4-5,14-17,20H2,1-3H3,(H,31,35). The Labute approximate surface area is 228 Å². The van der Waals surface area contributed by atoms with Gasteiger partial charge in [0, 0.05) is 56.2 Å². The summed E-state index contributed by atoms with van der Waals surface area (Å²) in [7, 11) is 1.69. The summed E-state index contributed by atoms with van der Waals surface area (Å²) < 4.78 is 16.3. The Morgan fingerprint density at radius 3 is 2.28 bits per heavy atom. The molecule has 3 aromatic rings. The molecule has 9 nitrogen and oxygen atoms in total. The highest BCUT2D eigenvalue weighted by atomic mass is 16.7. The van der Waals surface area contributed by atoms with Gasteiger partial charge in [-0.2, -0.15) is 0 Å². The summed E-state index contributed by atoms with van der Waals surface area (Å²) in [5.41, 5.74) is 3.53. The Morgan fingerprint density at radius 2 is 1.56 bits per heavy atom. The van der Waals surface area contributed by atoms with Crippen molar-refractivity contribution in [3.63, 3.8) is 0 Å². The molecule has 2 aliphatic rings. The number of piperazine rings is 1. The topological polar surface area (TPSA) is 83.6 Å². The second-order valence-corrected chi connectivity index (χ2v) is 9.38. The van der Waals surface area contributed by atoms with Crippen LogP contribution in [-0.4, -0.2) is 69.9 Å². The summed E-state index contributed by atoms with van der Waals surface area (Å²) in [4.78, 5) is 33.0. The Balaban J connectivity index is 1.37. The summed E-state index contributed by atoms with van der Waals surface area (Å²) in [6, 6.07) is 18.7. The van der Waals surface area contributed by atoms with Crippen molar-refractivity contribution in [2.45, 2.75) is 13.8 Å². The molecule has 0 saturated carbocycles. The van der Waals surface area contributed by atoms with E-state index in [0.29, 0.717) is 41.4 Å². The third-order valence-corrected chi connectivity index (χ3v) is 7.22. The van der Waals surface area contributed by atoms with Crippen LogP contribution in [0.3, 0.4) is 0 Å². The van der Waals surface area contributed by atoms with Crippen molar-refractivity contribution < 1.29 is 23.8 Å². The molecule has 0 aliphatic carbocycles. The van der Waals surface area contributed by atoms with Gasteiger partial charge in [0.2, 0.25) is 6.79 Å². The van der Waals surface area contributed by atoms with Gasteiger partial charge in [0.1, 0.15) is 5.75 Å². The number of carbonyl (C=O) groups is 2. The van der Waals surface area contributed by atoms with Crippen molar-refractivity contribution in [3.8, 4) is 17.2 Å². The van der Waals surface area contributed by atoms with Gasteiger partial charge in [-0.25, -0.2) is 0 Å². The van der Waals surface area contributed by atoms with Crippen LogP contribution in [0.4, 0.5) is 17.1 Å². The normalized spacial score (nSPS) is 14.2. The summed E-state index contributed by atoms with van der Waals surface area (Å²) in [6.07, 6.45) is 0. The summed E-state index contributed by atoms with van der Waals surface area (Å²) in [6.45, 7) is 8.37. The maximum absolute atomic E-state index is 13.6. The number of carbonyl (C=O) groups excluding carboxylic acids is 2. The maximum atomic E-state index is 13.6. The Hall–Kier alpha value is -4.40. The van der Waals surface area contributed by atoms with E-state index in [0.717, 1.165) is 43.3 Å². The van der Waals surface area contributed by atoms with E-state index in [4.69, 9.17) is 14.2 Å². The van der Waals surface area contributed by atoms with Crippen molar-refractivity contribution in [2.24, 2.45) is 0 Å². The van der Waals surface area contributed by atoms with E-state index in [9.17, 15) is 9.59 Å². The molecule has 9 heteroatoms. The predicted octanol–water partition coefficient (Wildman–Crippen LogP) is 4.48. The lowest BCUT2D eigenvalue weighted by molar-refractivity contribution is 0.0773. The molecule has 0 unspecified atom stereocenters. The fourth-order valence-electron chi connectivity index (χ4n) is 5.06. The highest BCUT2D eigenvalue weighted by Gasteiger charge is 2.25. The van der Waals surface area contributed by atoms with E-state index in [1.54, 1.807) is 36.3 Å². The number of methoxy groups -OCH3 is 1. The maximum Gasteiger partial charge on any atom is 0.256 e. The Bertz CT molecular complexity index is 1350. The van der Waals surface area contributed by atoms with Crippen LogP contribution in [0.15, 0.2) is 60.7 Å². The fraction of sp³-hybridized carbons (Fsp3) is 0.333. The second-order valence-electron chi connectivity index (χ2n) is 9.38. The van der Waals surface area contributed by atoms with Crippen LogP contribution in [-0.2, 0) is 0 Å². The molecular formula is C30H34N4O5. The number of para-hydroxylation sites is 2. The van der Waals surface area contributed by atoms with Crippen LogP contribution in [0.25, 0.3) is 0 Å². The highest BCUT2D eigenvalue weighted by molar-refractivity contribution is 6.06. The summed E-state index contributed by atoms with van der Waals surface area (Å²) >= 11 is 0. The fourth-order valence-corrected chi connectivity index (χ4v) is 5.06. The number of amides is 2. The predicted molar refractivity (Wildman–Crippen MR) is 152 cm³/mol. The van der Waals surface area contributed by atoms with E-state index in [1.165, 1.54) is 0 Å². The number of benzene rings is 3. The monoisotopic (exact) mass is 530 g/mol. The number of nitrogens with zero attached hydrogens (tertiary/aromatic N) is 3. The van der Waals surface area contributed by atoms with Crippen LogP contribution in [0.1, 0.15) is 34.6 Å². The highest BCUT2D eigenvalue weighted by Crippen LogP contribution is 2.34. The number of nitrogens with one attached hydrogen (secondary N) is 1. The molecule has 0 radical (unpaired) electrons. The molecule has 5 rings (SSSR count). The molecule has 0 aromatic heterocycles. The van der Waals surface area contributed by atoms with Gasteiger partial charge in [0.05, 0.1) is 18.4 Å². The van der Waals surface area contributed by atoms with Crippen LogP contribution in [0.2, 0.25) is 0 Å². The average Bonchev–Trinajstić information content (AvgIpc) is 3.46. The van der Waals surface area contributed by atoms with E-state index >= 15 is 0 Å². The van der Waals surface area contributed by atoms with E-state index in [1.807, 2.05) is 44.2 Å². The first-order valence-electron chi connectivity index (χ1n) is 13.3. The van der Waals surface area contributed by atoms with E-state index < -0.39 is 0 Å². The van der Waals surface area contributed by atoms with Crippen molar-refractivity contribution >= 4 is 28.9 Å². The Morgan fingerprint density at radius 1 is 0.872 bits per heavy atom. The Kier molecular flexibility index (Phi) is 7.76. The average molecular weight is 531 g/mol. The SMILES string of the molecule is CCN(CC)C(=O)c1cc(NC(=O)c2ccc3c(c2)OCO3)ccc1N1CCN(c2ccccc2OC)CC1. The van der Waals surface area contributed by atoms with Gasteiger partial charge < -0.3 is 34.2 Å². The molecule has 0 spiro atoms. The molecule has 3 aromatic carbocycles. The molecule has 1 saturated heterocycles. The lowest BCUT2D eigenvalue weighted by Gasteiger charge is -2.38. The van der Waals surface area contributed by atoms with E-state index in [2.05, 4.69) is 21.2 Å². The van der Waals surface area contributed by atoms with Gasteiger partial charge in [0.25, 0.3) is 11.8 Å². The van der Waals surface area contributed by atoms with Crippen molar-refractivity contribution in [3.05, 3.63) is 71.8 Å². The molecule has 2 aliphatic heterocycles. The van der Waals surface area contributed by atoms with Gasteiger partial charge in [-0.05, 0) is 62.4 Å². The first kappa shape index (κ1) is 26.2. The first-order chi connectivity index (χ1) is 19.0. The minimum absolute atomic E-state index is 0.0543. The molecule has 204 valence electrons. The minimum Gasteiger partial charge on any atom is -0.495 e. The summed E-state index contributed by atoms with van der Waals surface area (Å²) in [5, 5.41) is 2.94. The smallest absolute Gasteiger partial charge is 0.256 e. The van der Waals surface area contributed by atoms with Crippen molar-refractivity contribution in [2.75, 3.05) is 68.3 Å². The quantitative estimate of drug-likeness (QED) is 0.460. The number of anilines is 3. The van der Waals surface area contributed by atoms with E-state index in [-0.39, 0.29) is 18.6 Å². The van der Waals surface area contributed by atoms with Crippen LogP contribution < -0.4 is 29.3 Å². The largest absolute Gasteiger partial charge is 0.495 e. The van der Waals surface area contributed by atoms with Gasteiger partial charge >= 0.3 is 0 Å². The number of ether oxygens (including phenoxy) is 3. The van der Waals surface area contributed by atoms with Crippen LogP contribution in [0.5, 0.6) is 17.2 Å². The number of rotatable bonds is 8. The van der Waals surface area contributed by atoms with Gasteiger partial charge in [-0.15, -0.1) is 0 Å². The van der Waals surface area contributed by atoms with Gasteiger partial charge in [-0.3, -0.25) is 9.59 Å². The zero-order chi connectivity index (χ0) is 27.4.